The van der Waals surface area contributed by atoms with Crippen LogP contribution in [-0.4, -0.2) is 23.9 Å². The third-order valence-corrected chi connectivity index (χ3v) is 6.88. The van der Waals surface area contributed by atoms with E-state index in [1.807, 2.05) is 36.4 Å². The lowest BCUT2D eigenvalue weighted by molar-refractivity contribution is -0.133. The molecule has 0 saturated heterocycles. The minimum atomic E-state index is -0.180. The van der Waals surface area contributed by atoms with Crippen molar-refractivity contribution in [1.29, 1.82) is 0 Å². The van der Waals surface area contributed by atoms with Crippen LogP contribution >= 0.6 is 0 Å². The van der Waals surface area contributed by atoms with Gasteiger partial charge in [0.1, 0.15) is 0 Å². The van der Waals surface area contributed by atoms with E-state index in [1.165, 1.54) is 11.1 Å². The third kappa shape index (κ3) is 3.93. The van der Waals surface area contributed by atoms with E-state index in [9.17, 15) is 9.59 Å². The van der Waals surface area contributed by atoms with Crippen molar-refractivity contribution in [3.63, 3.8) is 0 Å². The predicted molar refractivity (Wildman–Crippen MR) is 112 cm³/mol. The normalized spacial score (nSPS) is 32.4. The Hall–Kier alpha value is -2.62. The summed E-state index contributed by atoms with van der Waals surface area (Å²) in [7, 11) is 0. The highest BCUT2D eigenvalue weighted by Crippen LogP contribution is 2.43. The van der Waals surface area contributed by atoms with Crippen LogP contribution in [0.5, 0.6) is 0 Å². The van der Waals surface area contributed by atoms with Gasteiger partial charge in [0.2, 0.25) is 11.8 Å². The van der Waals surface area contributed by atoms with Crippen LogP contribution in [0.1, 0.15) is 55.1 Å². The van der Waals surface area contributed by atoms with Gasteiger partial charge in [-0.2, -0.15) is 0 Å². The van der Waals surface area contributed by atoms with E-state index < -0.39 is 0 Å². The standard InChI is InChI=1S/C25H28N2O2/c28-24(26-22-14-20(22)16-8-3-1-4-9-16)18-12-7-13-19(18)25(29)27-23-15-21(23)17-10-5-2-6-11-17/h1-6,8-11,18-23H,7,12-15H2,(H,26,28)(H,27,29)/t18-,19-,20-,21+,22+,23-/m1/s1. The smallest absolute Gasteiger partial charge is 0.224 e. The highest BCUT2D eigenvalue weighted by atomic mass is 16.2. The molecule has 3 aliphatic rings. The van der Waals surface area contributed by atoms with Crippen LogP contribution in [0.2, 0.25) is 0 Å². The van der Waals surface area contributed by atoms with E-state index in [2.05, 4.69) is 34.9 Å². The number of carbonyl (C=O) groups excluding carboxylic acids is 2. The fraction of sp³-hybridized carbons (Fsp3) is 0.440. The van der Waals surface area contributed by atoms with Gasteiger partial charge in [0, 0.05) is 35.8 Å². The molecular formula is C25H28N2O2. The predicted octanol–water partition coefficient (Wildman–Crippen LogP) is 3.75. The summed E-state index contributed by atoms with van der Waals surface area (Å²) < 4.78 is 0. The van der Waals surface area contributed by atoms with E-state index in [1.54, 1.807) is 0 Å². The van der Waals surface area contributed by atoms with Crippen LogP contribution in [0.3, 0.4) is 0 Å². The Morgan fingerprint density at radius 1 is 0.655 bits per heavy atom. The van der Waals surface area contributed by atoms with Gasteiger partial charge < -0.3 is 10.6 Å². The summed E-state index contributed by atoms with van der Waals surface area (Å²) in [4.78, 5) is 25.8. The van der Waals surface area contributed by atoms with Gasteiger partial charge in [0.25, 0.3) is 0 Å². The molecule has 0 aliphatic heterocycles. The third-order valence-electron chi connectivity index (χ3n) is 6.88. The first-order valence-electron chi connectivity index (χ1n) is 10.9. The molecule has 2 aromatic carbocycles. The summed E-state index contributed by atoms with van der Waals surface area (Å²) in [6.45, 7) is 0. The molecule has 0 aromatic heterocycles. The number of benzene rings is 2. The van der Waals surface area contributed by atoms with Crippen LogP contribution in [0.15, 0.2) is 60.7 Å². The highest BCUT2D eigenvalue weighted by Gasteiger charge is 2.46. The van der Waals surface area contributed by atoms with Crippen molar-refractivity contribution >= 4 is 11.8 Å². The van der Waals surface area contributed by atoms with Crippen molar-refractivity contribution in [1.82, 2.24) is 10.6 Å². The van der Waals surface area contributed by atoms with E-state index in [0.29, 0.717) is 11.8 Å². The Labute approximate surface area is 172 Å². The Morgan fingerprint density at radius 3 is 1.48 bits per heavy atom. The minimum absolute atomic E-state index is 0.0708. The first kappa shape index (κ1) is 18.4. The summed E-state index contributed by atoms with van der Waals surface area (Å²) in [6, 6.07) is 21.2. The van der Waals surface area contributed by atoms with Crippen molar-refractivity contribution in [3.8, 4) is 0 Å². The molecule has 4 heteroatoms. The maximum atomic E-state index is 12.9. The lowest BCUT2D eigenvalue weighted by atomic mass is 9.94. The zero-order valence-electron chi connectivity index (χ0n) is 16.6. The molecule has 29 heavy (non-hydrogen) atoms. The van der Waals surface area contributed by atoms with Gasteiger partial charge in [-0.1, -0.05) is 67.1 Å². The van der Waals surface area contributed by atoms with Gasteiger partial charge in [-0.3, -0.25) is 9.59 Å². The molecule has 0 unspecified atom stereocenters. The Balaban J connectivity index is 1.14. The molecule has 0 spiro atoms. The Morgan fingerprint density at radius 2 is 1.07 bits per heavy atom. The van der Waals surface area contributed by atoms with Gasteiger partial charge in [0.15, 0.2) is 0 Å². The molecule has 3 fully saturated rings. The van der Waals surface area contributed by atoms with E-state index in [0.717, 1.165) is 32.1 Å². The maximum absolute atomic E-state index is 12.9. The van der Waals surface area contributed by atoms with E-state index in [4.69, 9.17) is 0 Å². The molecular weight excluding hydrogens is 360 g/mol. The van der Waals surface area contributed by atoms with Gasteiger partial charge in [-0.25, -0.2) is 0 Å². The van der Waals surface area contributed by atoms with Gasteiger partial charge >= 0.3 is 0 Å². The van der Waals surface area contributed by atoms with Crippen molar-refractivity contribution in [2.24, 2.45) is 11.8 Å². The second-order valence-corrected chi connectivity index (χ2v) is 8.88. The van der Waals surface area contributed by atoms with Crippen molar-refractivity contribution in [2.45, 2.75) is 56.0 Å². The van der Waals surface area contributed by atoms with Gasteiger partial charge in [0.05, 0.1) is 0 Å². The highest BCUT2D eigenvalue weighted by molar-refractivity contribution is 5.89. The zero-order valence-corrected chi connectivity index (χ0v) is 16.6. The maximum Gasteiger partial charge on any atom is 0.224 e. The van der Waals surface area contributed by atoms with Crippen molar-refractivity contribution < 1.29 is 9.59 Å². The lowest BCUT2D eigenvalue weighted by Gasteiger charge is -2.19. The lowest BCUT2D eigenvalue weighted by Crippen LogP contribution is -2.41. The molecule has 150 valence electrons. The molecule has 0 heterocycles. The number of hydrogen-bond acceptors (Lipinski definition) is 2. The summed E-state index contributed by atoms with van der Waals surface area (Å²) in [5, 5.41) is 6.43. The first-order valence-corrected chi connectivity index (χ1v) is 10.9. The first-order chi connectivity index (χ1) is 14.2. The van der Waals surface area contributed by atoms with Crippen LogP contribution in [-0.2, 0) is 9.59 Å². The van der Waals surface area contributed by atoms with Crippen molar-refractivity contribution in [3.05, 3.63) is 71.8 Å². The summed E-state index contributed by atoms with van der Waals surface area (Å²) in [6.07, 6.45) is 4.59. The second kappa shape index (κ2) is 7.66. The molecule has 2 N–H and O–H groups in total. The number of hydrogen-bond donors (Lipinski definition) is 2. The van der Waals surface area contributed by atoms with E-state index in [-0.39, 0.29) is 35.7 Å². The SMILES string of the molecule is O=C(N[C@H]1C[C@@H]1c1ccccc1)[C@@H]1CCC[C@H]1C(=O)N[C@@H]1C[C@H]1c1ccccc1. The summed E-state index contributed by atoms with van der Waals surface area (Å²) in [5.74, 6) is 0.628. The van der Waals surface area contributed by atoms with Gasteiger partial charge in [-0.15, -0.1) is 0 Å². The van der Waals surface area contributed by atoms with Crippen LogP contribution < -0.4 is 10.6 Å². The largest absolute Gasteiger partial charge is 0.352 e. The molecule has 2 amide bonds. The number of rotatable bonds is 6. The fourth-order valence-electron chi connectivity index (χ4n) is 5.01. The molecule has 3 aliphatic carbocycles. The monoisotopic (exact) mass is 388 g/mol. The van der Waals surface area contributed by atoms with Gasteiger partial charge in [-0.05, 0) is 36.8 Å². The fourth-order valence-corrected chi connectivity index (χ4v) is 5.01. The molecule has 0 radical (unpaired) electrons. The molecule has 3 saturated carbocycles. The van der Waals surface area contributed by atoms with Crippen molar-refractivity contribution in [2.75, 3.05) is 0 Å². The summed E-state index contributed by atoms with van der Waals surface area (Å²) >= 11 is 0. The number of carbonyl (C=O) groups is 2. The minimum Gasteiger partial charge on any atom is -0.352 e. The van der Waals surface area contributed by atoms with Crippen LogP contribution in [0.4, 0.5) is 0 Å². The Kier molecular flexibility index (Phi) is 4.86. The second-order valence-electron chi connectivity index (χ2n) is 8.88. The molecule has 2 aromatic rings. The molecule has 4 nitrogen and oxygen atoms in total. The quantitative estimate of drug-likeness (QED) is 0.792. The molecule has 6 atom stereocenters. The van der Waals surface area contributed by atoms with E-state index >= 15 is 0 Å². The average molecular weight is 389 g/mol. The Bertz CT molecular complexity index is 809. The zero-order chi connectivity index (χ0) is 19.8. The van der Waals surface area contributed by atoms with Crippen LogP contribution in [0, 0.1) is 11.8 Å². The molecule has 0 bridgehead atoms. The molecule has 5 rings (SSSR count). The number of amides is 2. The average Bonchev–Trinajstić information content (AvgIpc) is 3.65. The van der Waals surface area contributed by atoms with Crippen LogP contribution in [0.25, 0.3) is 0 Å². The number of nitrogens with one attached hydrogen (secondary N) is 2. The topological polar surface area (TPSA) is 58.2 Å². The summed E-state index contributed by atoms with van der Waals surface area (Å²) in [5.41, 5.74) is 2.58.